The Morgan fingerprint density at radius 1 is 0.891 bits per heavy atom. The lowest BCUT2D eigenvalue weighted by molar-refractivity contribution is -0.121. The molecule has 2 N–H and O–H groups in total. The minimum absolute atomic E-state index is 0.00529. The van der Waals surface area contributed by atoms with Gasteiger partial charge in [-0.2, -0.15) is 0 Å². The summed E-state index contributed by atoms with van der Waals surface area (Å²) >= 11 is 1.22. The third-order valence-corrected chi connectivity index (χ3v) is 8.21. The van der Waals surface area contributed by atoms with Crippen molar-refractivity contribution in [3.05, 3.63) is 131 Å². The summed E-state index contributed by atoms with van der Waals surface area (Å²) in [5, 5.41) is 4.89. The summed E-state index contributed by atoms with van der Waals surface area (Å²) in [7, 11) is 0. The van der Waals surface area contributed by atoms with Gasteiger partial charge >= 0.3 is 5.97 Å². The molecule has 5 rings (SSSR count). The minimum Gasteiger partial charge on any atom is -0.462 e. The molecule has 4 amide bonds. The molecule has 1 fully saturated rings. The lowest BCUT2D eigenvalue weighted by atomic mass is 10.1. The summed E-state index contributed by atoms with van der Waals surface area (Å²) in [5.74, 6) is -2.17. The Bertz CT molecular complexity index is 1800. The van der Waals surface area contributed by atoms with E-state index in [1.165, 1.54) is 23.9 Å². The molecule has 0 radical (unpaired) electrons. The van der Waals surface area contributed by atoms with Crippen molar-refractivity contribution >= 4 is 58.8 Å². The monoisotopic (exact) mass is 633 g/mol. The lowest BCUT2D eigenvalue weighted by Crippen LogP contribution is -2.31. The van der Waals surface area contributed by atoms with E-state index < -0.39 is 23.0 Å². The number of rotatable bonds is 10. The van der Waals surface area contributed by atoms with E-state index >= 15 is 0 Å². The first-order valence-electron chi connectivity index (χ1n) is 14.6. The zero-order chi connectivity index (χ0) is 32.6. The van der Waals surface area contributed by atoms with E-state index in [-0.39, 0.29) is 30.5 Å². The smallest absolute Gasteiger partial charge is 0.338 e. The summed E-state index contributed by atoms with van der Waals surface area (Å²) in [6.07, 6.45) is 1.60. The van der Waals surface area contributed by atoms with Crippen LogP contribution < -0.4 is 15.5 Å². The zero-order valence-electron chi connectivity index (χ0n) is 25.2. The van der Waals surface area contributed by atoms with Crippen LogP contribution in [0.25, 0.3) is 6.08 Å². The van der Waals surface area contributed by atoms with Crippen LogP contribution in [0.2, 0.25) is 0 Å². The fourth-order valence-electron chi connectivity index (χ4n) is 4.71. The molecule has 46 heavy (non-hydrogen) atoms. The second-order valence-electron chi connectivity index (χ2n) is 10.4. The average Bonchev–Trinajstić information content (AvgIpc) is 3.34. The van der Waals surface area contributed by atoms with Crippen molar-refractivity contribution in [3.8, 4) is 0 Å². The molecule has 1 aliphatic heterocycles. The van der Waals surface area contributed by atoms with Crippen LogP contribution in [0.4, 0.5) is 11.4 Å². The molecule has 1 saturated heterocycles. The fourth-order valence-corrected chi connectivity index (χ4v) is 5.82. The molecule has 9 nitrogen and oxygen atoms in total. The summed E-state index contributed by atoms with van der Waals surface area (Å²) in [4.78, 5) is 66.3. The molecule has 1 atom stereocenters. The van der Waals surface area contributed by atoms with Crippen LogP contribution in [-0.2, 0) is 19.1 Å². The number of aryl methyl sites for hydroxylation is 1. The maximum atomic E-state index is 13.5. The lowest BCUT2D eigenvalue weighted by Gasteiger charge is -2.15. The second-order valence-corrected chi connectivity index (χ2v) is 11.7. The highest BCUT2D eigenvalue weighted by molar-refractivity contribution is 8.00. The number of hydrogen-bond donors (Lipinski definition) is 2. The van der Waals surface area contributed by atoms with Gasteiger partial charge in [0, 0.05) is 22.6 Å². The molecule has 0 aliphatic carbocycles. The largest absolute Gasteiger partial charge is 0.462 e. The SMILES string of the molecule is CCOC(=O)c1ccc(N2C(=O)C[C@@H](Sc3cccc(NC(=O)/C(=C/c4ccc(C)cc4)NC(=O)c4ccccc4)c3)C2=O)cc1. The molecule has 0 spiro atoms. The topological polar surface area (TPSA) is 122 Å². The molecule has 10 heteroatoms. The third kappa shape index (κ3) is 7.77. The van der Waals surface area contributed by atoms with E-state index in [2.05, 4.69) is 10.6 Å². The zero-order valence-corrected chi connectivity index (χ0v) is 26.0. The van der Waals surface area contributed by atoms with Gasteiger partial charge in [-0.25, -0.2) is 9.69 Å². The van der Waals surface area contributed by atoms with Gasteiger partial charge in [-0.05, 0) is 80.1 Å². The summed E-state index contributed by atoms with van der Waals surface area (Å²) in [6.45, 7) is 3.91. The number of amides is 4. The molecule has 1 aliphatic rings. The number of benzene rings is 4. The molecule has 0 saturated carbocycles. The van der Waals surface area contributed by atoms with Gasteiger partial charge in [0.1, 0.15) is 5.70 Å². The van der Waals surface area contributed by atoms with E-state index in [9.17, 15) is 24.0 Å². The number of imide groups is 1. The maximum Gasteiger partial charge on any atom is 0.338 e. The molecule has 232 valence electrons. The Hall–Kier alpha value is -5.48. The molecule has 1 heterocycles. The molecule has 4 aromatic carbocycles. The predicted molar refractivity (Wildman–Crippen MR) is 177 cm³/mol. The van der Waals surface area contributed by atoms with Crippen molar-refractivity contribution < 1.29 is 28.7 Å². The first-order valence-corrected chi connectivity index (χ1v) is 15.5. The number of nitrogens with zero attached hydrogens (tertiary/aromatic N) is 1. The highest BCUT2D eigenvalue weighted by Gasteiger charge is 2.40. The Balaban J connectivity index is 1.29. The van der Waals surface area contributed by atoms with Gasteiger partial charge in [0.2, 0.25) is 11.8 Å². The average molecular weight is 634 g/mol. The molecular formula is C36H31N3O6S. The van der Waals surface area contributed by atoms with Crippen molar-refractivity contribution in [2.24, 2.45) is 0 Å². The molecule has 0 bridgehead atoms. The number of anilines is 2. The summed E-state index contributed by atoms with van der Waals surface area (Å²) in [6, 6.07) is 29.2. The van der Waals surface area contributed by atoms with E-state index in [0.29, 0.717) is 27.4 Å². The van der Waals surface area contributed by atoms with Crippen molar-refractivity contribution in [2.45, 2.75) is 30.4 Å². The van der Waals surface area contributed by atoms with Crippen LogP contribution in [0.1, 0.15) is 45.2 Å². The Labute approximate surface area is 270 Å². The van der Waals surface area contributed by atoms with E-state index in [4.69, 9.17) is 4.74 Å². The van der Waals surface area contributed by atoms with Crippen molar-refractivity contribution in [1.82, 2.24) is 5.32 Å². The number of hydrogen-bond acceptors (Lipinski definition) is 7. The number of nitrogens with one attached hydrogen (secondary N) is 2. The third-order valence-electron chi connectivity index (χ3n) is 7.03. The van der Waals surface area contributed by atoms with Gasteiger partial charge in [-0.3, -0.25) is 19.2 Å². The molecular weight excluding hydrogens is 602 g/mol. The van der Waals surface area contributed by atoms with Crippen molar-refractivity contribution in [1.29, 1.82) is 0 Å². The van der Waals surface area contributed by atoms with Crippen LogP contribution >= 0.6 is 11.8 Å². The summed E-state index contributed by atoms with van der Waals surface area (Å²) < 4.78 is 4.99. The maximum absolute atomic E-state index is 13.5. The van der Waals surface area contributed by atoms with E-state index in [1.54, 1.807) is 79.7 Å². The van der Waals surface area contributed by atoms with Crippen molar-refractivity contribution in [3.63, 3.8) is 0 Å². The normalized spacial score (nSPS) is 14.6. The number of esters is 1. The first-order chi connectivity index (χ1) is 22.2. The summed E-state index contributed by atoms with van der Waals surface area (Å²) in [5.41, 5.74) is 3.40. The number of ether oxygens (including phenoxy) is 1. The Morgan fingerprint density at radius 3 is 2.30 bits per heavy atom. The Morgan fingerprint density at radius 2 is 1.61 bits per heavy atom. The van der Waals surface area contributed by atoms with Crippen LogP contribution in [0, 0.1) is 6.92 Å². The number of thioether (sulfide) groups is 1. The van der Waals surface area contributed by atoms with Gasteiger partial charge in [0.05, 0.1) is 23.1 Å². The molecule has 0 aromatic heterocycles. The van der Waals surface area contributed by atoms with Gasteiger partial charge in [-0.1, -0.05) is 54.1 Å². The van der Waals surface area contributed by atoms with Crippen LogP contribution in [0.15, 0.2) is 114 Å². The molecule has 4 aromatic rings. The van der Waals surface area contributed by atoms with E-state index in [1.807, 2.05) is 31.2 Å². The van der Waals surface area contributed by atoms with Gasteiger partial charge in [0.25, 0.3) is 11.8 Å². The first kappa shape index (κ1) is 31.9. The van der Waals surface area contributed by atoms with Gasteiger partial charge in [0.15, 0.2) is 0 Å². The number of carbonyl (C=O) groups is 5. The van der Waals surface area contributed by atoms with Crippen molar-refractivity contribution in [2.75, 3.05) is 16.8 Å². The highest BCUT2D eigenvalue weighted by Crippen LogP contribution is 2.35. The second kappa shape index (κ2) is 14.5. The van der Waals surface area contributed by atoms with E-state index in [0.717, 1.165) is 16.0 Å². The fraction of sp³-hybridized carbons (Fsp3) is 0.139. The quantitative estimate of drug-likeness (QED) is 0.125. The van der Waals surface area contributed by atoms with Crippen LogP contribution in [0.5, 0.6) is 0 Å². The minimum atomic E-state index is -0.676. The molecule has 0 unspecified atom stereocenters. The van der Waals surface area contributed by atoms with Gasteiger partial charge in [-0.15, -0.1) is 11.8 Å². The Kier molecular flexibility index (Phi) is 10.1. The van der Waals surface area contributed by atoms with Crippen LogP contribution in [-0.4, -0.2) is 41.5 Å². The van der Waals surface area contributed by atoms with Crippen LogP contribution in [0.3, 0.4) is 0 Å². The highest BCUT2D eigenvalue weighted by atomic mass is 32.2. The standard InChI is InChI=1S/C36H31N3O6S/c1-3-45-36(44)26-16-18-28(19-17-26)39-32(40)22-31(35(39)43)46-29-11-7-10-27(21-29)37-34(42)30(20-24-14-12-23(2)13-15-24)38-33(41)25-8-5-4-6-9-25/h4-21,31H,3,22H2,1-2H3,(H,37,42)(H,38,41)/b30-20-/t31-/m1/s1. The predicted octanol–water partition coefficient (Wildman–Crippen LogP) is 6.01. The number of carbonyl (C=O) groups excluding carboxylic acids is 5. The van der Waals surface area contributed by atoms with Gasteiger partial charge < -0.3 is 15.4 Å².